The van der Waals surface area contributed by atoms with Gasteiger partial charge in [0.2, 0.25) is 5.91 Å². The van der Waals surface area contributed by atoms with Gasteiger partial charge >= 0.3 is 0 Å². The minimum Gasteiger partial charge on any atom is -0.384 e. The summed E-state index contributed by atoms with van der Waals surface area (Å²) in [7, 11) is 1.98. The van der Waals surface area contributed by atoms with Crippen LogP contribution >= 0.6 is 0 Å². The molecule has 30 heavy (non-hydrogen) atoms. The van der Waals surface area contributed by atoms with Crippen molar-refractivity contribution in [1.29, 1.82) is 0 Å². The van der Waals surface area contributed by atoms with Gasteiger partial charge in [0.1, 0.15) is 14.0 Å². The van der Waals surface area contributed by atoms with E-state index in [1.807, 2.05) is 56.4 Å². The van der Waals surface area contributed by atoms with Crippen molar-refractivity contribution in [1.82, 2.24) is 9.91 Å². The highest BCUT2D eigenvalue weighted by Crippen LogP contribution is 2.21. The van der Waals surface area contributed by atoms with Gasteiger partial charge in [0.25, 0.3) is 5.91 Å². The molecule has 2 aromatic rings. The monoisotopic (exact) mass is 405 g/mol. The summed E-state index contributed by atoms with van der Waals surface area (Å²) in [6.07, 6.45) is -2.57. The highest BCUT2D eigenvalue weighted by Gasteiger charge is 2.37. The number of carbonyl (C=O) groups is 2. The molecule has 8 heteroatoms. The Balaban J connectivity index is 1.42. The van der Waals surface area contributed by atoms with Crippen molar-refractivity contribution in [2.24, 2.45) is 5.10 Å². The van der Waals surface area contributed by atoms with Crippen LogP contribution in [0.1, 0.15) is 23.1 Å². The second-order valence-electron chi connectivity index (χ2n) is 7.87. The molecule has 0 bridgehead atoms. The fourth-order valence-electron chi connectivity index (χ4n) is 3.83. The molecule has 2 aromatic carbocycles. The molecule has 2 aliphatic rings. The number of fused-ring (bicyclic) bond motifs is 1. The van der Waals surface area contributed by atoms with Crippen LogP contribution in [0.2, 0.25) is 0 Å². The Bertz CT molecular complexity index is 992. The average molecular weight is 405 g/mol. The zero-order chi connectivity index (χ0) is 21.3. The van der Waals surface area contributed by atoms with E-state index in [0.29, 0.717) is 19.5 Å². The van der Waals surface area contributed by atoms with Crippen molar-refractivity contribution in [2.75, 3.05) is 6.54 Å². The van der Waals surface area contributed by atoms with Gasteiger partial charge < -0.3 is 15.1 Å². The van der Waals surface area contributed by atoms with Crippen molar-refractivity contribution in [2.45, 2.75) is 38.1 Å². The first kappa shape index (κ1) is 20.3. The lowest BCUT2D eigenvalue weighted by molar-refractivity contribution is -0.144. The molecule has 2 N–H and O–H groups in total. The molecule has 0 fully saturated rings. The van der Waals surface area contributed by atoms with E-state index in [0.717, 1.165) is 16.6 Å². The van der Waals surface area contributed by atoms with E-state index < -0.39 is 18.1 Å². The predicted octanol–water partition coefficient (Wildman–Crippen LogP) is -0.660. The fourth-order valence-corrected chi connectivity index (χ4v) is 3.83. The summed E-state index contributed by atoms with van der Waals surface area (Å²) in [4.78, 5) is 26.6. The van der Waals surface area contributed by atoms with Gasteiger partial charge in [-0.05, 0) is 23.1 Å². The number of carbonyl (C=O) groups excluding carboxylic acids is 2. The first-order valence-corrected chi connectivity index (χ1v) is 10.1. The Labute approximate surface area is 176 Å². The Morgan fingerprint density at radius 3 is 2.53 bits per heavy atom. The zero-order valence-corrected chi connectivity index (χ0v) is 16.9. The minimum absolute atomic E-state index is 0.111. The topological polar surface area (TPSA) is 93.4 Å². The number of hydrogen-bond acceptors (Lipinski definition) is 5. The number of amides is 2. The summed E-state index contributed by atoms with van der Waals surface area (Å²) in [6.45, 7) is 1.15. The van der Waals surface area contributed by atoms with Gasteiger partial charge in [-0.3, -0.25) is 9.59 Å². The van der Waals surface area contributed by atoms with E-state index in [1.54, 1.807) is 0 Å². The van der Waals surface area contributed by atoms with Gasteiger partial charge in [-0.1, -0.05) is 54.0 Å². The molecule has 2 aliphatic heterocycles. The maximum atomic E-state index is 12.8. The predicted molar refractivity (Wildman–Crippen MR) is 115 cm³/mol. The molecule has 4 rings (SSSR count). The van der Waals surface area contributed by atoms with Crippen molar-refractivity contribution >= 4 is 30.8 Å². The first-order valence-electron chi connectivity index (χ1n) is 10.1. The number of nitrogens with zero attached hydrogens (tertiary/aromatic N) is 3. The van der Waals surface area contributed by atoms with E-state index in [2.05, 4.69) is 5.10 Å². The molecule has 2 heterocycles. The van der Waals surface area contributed by atoms with Crippen LogP contribution in [0.25, 0.3) is 0 Å². The number of rotatable bonds is 5. The fraction of sp³-hybridized carbons (Fsp3) is 0.318. The normalized spacial score (nSPS) is 18.1. The van der Waals surface area contributed by atoms with Crippen LogP contribution in [0, 0.1) is 0 Å². The number of hydrogen-bond donors (Lipinski definition) is 2. The molecule has 0 saturated carbocycles. The van der Waals surface area contributed by atoms with Crippen LogP contribution in [0.15, 0.2) is 53.6 Å². The van der Waals surface area contributed by atoms with Crippen LogP contribution in [-0.4, -0.2) is 64.2 Å². The number of aliphatic hydroxyl groups is 2. The molecule has 154 valence electrons. The molecular weight excluding hydrogens is 381 g/mol. The summed E-state index contributed by atoms with van der Waals surface area (Å²) in [6, 6.07) is 15.6. The molecule has 0 aliphatic carbocycles. The third-order valence-corrected chi connectivity index (χ3v) is 5.66. The molecule has 7 nitrogen and oxygen atoms in total. The second-order valence-corrected chi connectivity index (χ2v) is 7.87. The van der Waals surface area contributed by atoms with Crippen LogP contribution in [0.5, 0.6) is 0 Å². The van der Waals surface area contributed by atoms with Gasteiger partial charge in [0.05, 0.1) is 18.7 Å². The van der Waals surface area contributed by atoms with E-state index in [9.17, 15) is 19.8 Å². The molecule has 0 spiro atoms. The zero-order valence-electron chi connectivity index (χ0n) is 16.9. The summed E-state index contributed by atoms with van der Waals surface area (Å²) >= 11 is 0. The van der Waals surface area contributed by atoms with Gasteiger partial charge in [-0.25, -0.2) is 5.01 Å². The van der Waals surface area contributed by atoms with Crippen molar-refractivity contribution in [3.63, 3.8) is 0 Å². The SMILES string of the molecule is Bc1ccc(CN2N=C(C(O)C(O)C(=O)N3CCc4ccccc4C3)CC2=O)cc1. The number of aliphatic hydroxyl groups excluding tert-OH is 2. The maximum Gasteiger partial charge on any atom is 0.254 e. The molecule has 2 unspecified atom stereocenters. The molecule has 0 radical (unpaired) electrons. The van der Waals surface area contributed by atoms with Crippen molar-refractivity contribution in [3.8, 4) is 0 Å². The highest BCUT2D eigenvalue weighted by molar-refractivity contribution is 6.32. The number of benzene rings is 2. The van der Waals surface area contributed by atoms with Crippen LogP contribution in [0.4, 0.5) is 0 Å². The quantitative estimate of drug-likeness (QED) is 0.646. The summed E-state index contributed by atoms with van der Waals surface area (Å²) in [5.41, 5.74) is 4.38. The Kier molecular flexibility index (Phi) is 5.70. The maximum absolute atomic E-state index is 12.8. The third-order valence-electron chi connectivity index (χ3n) is 5.66. The molecular formula is C22H24BN3O4. The third kappa shape index (κ3) is 4.15. The average Bonchev–Trinajstić information content (AvgIpc) is 3.13. The van der Waals surface area contributed by atoms with Gasteiger partial charge in [-0.15, -0.1) is 0 Å². The number of hydrazone groups is 1. The van der Waals surface area contributed by atoms with Gasteiger partial charge in [0, 0.05) is 13.1 Å². The van der Waals surface area contributed by atoms with E-state index in [4.69, 9.17) is 0 Å². The van der Waals surface area contributed by atoms with E-state index >= 15 is 0 Å². The summed E-state index contributed by atoms with van der Waals surface area (Å²) in [5.74, 6) is -0.819. The highest BCUT2D eigenvalue weighted by atomic mass is 16.3. The smallest absolute Gasteiger partial charge is 0.254 e. The minimum atomic E-state index is -1.65. The second kappa shape index (κ2) is 8.42. The van der Waals surface area contributed by atoms with Crippen molar-refractivity contribution in [3.05, 3.63) is 65.2 Å². The van der Waals surface area contributed by atoms with Gasteiger partial charge in [-0.2, -0.15) is 5.10 Å². The van der Waals surface area contributed by atoms with Crippen LogP contribution in [-0.2, 0) is 29.1 Å². The van der Waals surface area contributed by atoms with Crippen LogP contribution < -0.4 is 5.46 Å². The van der Waals surface area contributed by atoms with E-state index in [1.165, 1.54) is 15.5 Å². The first-order chi connectivity index (χ1) is 14.4. The summed E-state index contributed by atoms with van der Waals surface area (Å²) < 4.78 is 0. The Hall–Kier alpha value is -2.97. The summed E-state index contributed by atoms with van der Waals surface area (Å²) in [5, 5.41) is 26.5. The Morgan fingerprint density at radius 2 is 1.80 bits per heavy atom. The Morgan fingerprint density at radius 1 is 1.10 bits per heavy atom. The van der Waals surface area contributed by atoms with Crippen LogP contribution in [0.3, 0.4) is 0 Å². The molecule has 0 aromatic heterocycles. The van der Waals surface area contributed by atoms with E-state index in [-0.39, 0.29) is 24.6 Å². The molecule has 0 saturated heterocycles. The molecule has 2 amide bonds. The molecule has 2 atom stereocenters. The lowest BCUT2D eigenvalue weighted by Gasteiger charge is -2.31. The van der Waals surface area contributed by atoms with Crippen molar-refractivity contribution < 1.29 is 19.8 Å². The lowest BCUT2D eigenvalue weighted by atomic mass is 9.95. The lowest BCUT2D eigenvalue weighted by Crippen LogP contribution is -2.48. The largest absolute Gasteiger partial charge is 0.384 e. The standard InChI is InChI=1S/C22H24BN3O4/c23-17-7-5-14(6-8-17)12-26-19(27)11-18(24-26)20(28)21(29)22(30)25-10-9-15-3-1-2-4-16(15)13-25/h1-8,20-21,28-29H,9-13,23H2. The van der Waals surface area contributed by atoms with Gasteiger partial charge in [0.15, 0.2) is 6.10 Å².